The number of aromatic nitrogens is 1. The van der Waals surface area contributed by atoms with Crippen LogP contribution in [-0.2, 0) is 22.3 Å². The molecule has 102 valence electrons. The van der Waals surface area contributed by atoms with Gasteiger partial charge in [0.1, 0.15) is 0 Å². The maximum atomic E-state index is 5.44. The van der Waals surface area contributed by atoms with Gasteiger partial charge < -0.3 is 14.8 Å². The molecular formula is C13H22N2O2S. The molecule has 0 unspecified atom stereocenters. The molecule has 0 bridgehead atoms. The highest BCUT2D eigenvalue weighted by Gasteiger charge is 2.19. The first kappa shape index (κ1) is 13.9. The van der Waals surface area contributed by atoms with Crippen molar-refractivity contribution >= 4 is 11.3 Å². The topological polar surface area (TPSA) is 43.4 Å². The van der Waals surface area contributed by atoms with Crippen molar-refractivity contribution in [3.8, 4) is 0 Å². The van der Waals surface area contributed by atoms with Crippen LogP contribution in [0.5, 0.6) is 0 Å². The number of nitrogens with zero attached hydrogens (tertiary/aromatic N) is 1. The summed E-state index contributed by atoms with van der Waals surface area (Å²) >= 11 is 1.74. The van der Waals surface area contributed by atoms with Gasteiger partial charge in [-0.2, -0.15) is 0 Å². The van der Waals surface area contributed by atoms with Gasteiger partial charge in [0.25, 0.3) is 0 Å². The van der Waals surface area contributed by atoms with E-state index in [1.807, 2.05) is 0 Å². The standard InChI is InChI=1S/C13H22N2O2S/c1-16-8-9-17-7-5-13-15-12(10-18-13)4-6-14-11-2-3-11/h10-11,14H,2-9H2,1H3. The average Bonchev–Trinajstić information content (AvgIpc) is 3.08. The molecule has 5 heteroatoms. The predicted octanol–water partition coefficient (Wildman–Crippen LogP) is 1.64. The summed E-state index contributed by atoms with van der Waals surface area (Å²) in [6.45, 7) is 3.12. The van der Waals surface area contributed by atoms with Gasteiger partial charge in [-0.15, -0.1) is 11.3 Å². The fraction of sp³-hybridized carbons (Fsp3) is 0.769. The first-order valence-corrected chi connectivity index (χ1v) is 7.50. The van der Waals surface area contributed by atoms with E-state index in [0.29, 0.717) is 13.2 Å². The van der Waals surface area contributed by atoms with E-state index in [-0.39, 0.29) is 0 Å². The smallest absolute Gasteiger partial charge is 0.0951 e. The zero-order valence-electron chi connectivity index (χ0n) is 11.0. The van der Waals surface area contributed by atoms with Crippen molar-refractivity contribution in [2.75, 3.05) is 33.5 Å². The Morgan fingerprint density at radius 3 is 3.00 bits per heavy atom. The third kappa shape index (κ3) is 5.44. The first-order valence-electron chi connectivity index (χ1n) is 6.62. The summed E-state index contributed by atoms with van der Waals surface area (Å²) in [5.41, 5.74) is 1.21. The number of rotatable bonds is 10. The molecule has 1 saturated carbocycles. The van der Waals surface area contributed by atoms with E-state index in [2.05, 4.69) is 15.7 Å². The lowest BCUT2D eigenvalue weighted by molar-refractivity contribution is 0.0722. The molecule has 1 heterocycles. The Hall–Kier alpha value is -0.490. The minimum Gasteiger partial charge on any atom is -0.382 e. The van der Waals surface area contributed by atoms with Gasteiger partial charge in [-0.05, 0) is 12.8 Å². The van der Waals surface area contributed by atoms with E-state index >= 15 is 0 Å². The van der Waals surface area contributed by atoms with Crippen molar-refractivity contribution in [3.63, 3.8) is 0 Å². The van der Waals surface area contributed by atoms with Crippen LogP contribution in [0.1, 0.15) is 23.5 Å². The number of thiazole rings is 1. The molecule has 0 saturated heterocycles. The Bertz CT molecular complexity index is 339. The average molecular weight is 270 g/mol. The molecule has 0 aliphatic heterocycles. The quantitative estimate of drug-likeness (QED) is 0.657. The molecule has 1 aromatic heterocycles. The molecule has 0 atom stereocenters. The van der Waals surface area contributed by atoms with E-state index < -0.39 is 0 Å². The van der Waals surface area contributed by atoms with Crippen LogP contribution in [0.2, 0.25) is 0 Å². The number of ether oxygens (including phenoxy) is 2. The third-order valence-electron chi connectivity index (χ3n) is 2.88. The van der Waals surface area contributed by atoms with Crippen molar-refractivity contribution in [1.82, 2.24) is 10.3 Å². The van der Waals surface area contributed by atoms with Crippen molar-refractivity contribution in [3.05, 3.63) is 16.1 Å². The molecular weight excluding hydrogens is 248 g/mol. The van der Waals surface area contributed by atoms with Gasteiger partial charge in [-0.3, -0.25) is 0 Å². The Labute approximate surface area is 113 Å². The van der Waals surface area contributed by atoms with Gasteiger partial charge in [0, 0.05) is 37.9 Å². The lowest BCUT2D eigenvalue weighted by Crippen LogP contribution is -2.19. The first-order chi connectivity index (χ1) is 8.88. The SMILES string of the molecule is COCCOCCc1nc(CCNC2CC2)cs1. The maximum Gasteiger partial charge on any atom is 0.0951 e. The summed E-state index contributed by atoms with van der Waals surface area (Å²) < 4.78 is 10.4. The molecule has 0 amide bonds. The van der Waals surface area contributed by atoms with E-state index in [1.165, 1.54) is 23.5 Å². The zero-order chi connectivity index (χ0) is 12.6. The van der Waals surface area contributed by atoms with Crippen LogP contribution in [0.15, 0.2) is 5.38 Å². The van der Waals surface area contributed by atoms with Gasteiger partial charge in [0.05, 0.1) is 30.5 Å². The molecule has 0 spiro atoms. The van der Waals surface area contributed by atoms with E-state index in [4.69, 9.17) is 9.47 Å². The molecule has 1 aliphatic rings. The molecule has 18 heavy (non-hydrogen) atoms. The molecule has 2 rings (SSSR count). The van der Waals surface area contributed by atoms with Crippen LogP contribution in [0.4, 0.5) is 0 Å². The van der Waals surface area contributed by atoms with E-state index in [0.717, 1.165) is 32.0 Å². The summed E-state index contributed by atoms with van der Waals surface area (Å²) in [4.78, 5) is 4.61. The lowest BCUT2D eigenvalue weighted by Gasteiger charge is -2.01. The minimum atomic E-state index is 0.663. The molecule has 4 nitrogen and oxygen atoms in total. The van der Waals surface area contributed by atoms with Crippen molar-refractivity contribution in [2.24, 2.45) is 0 Å². The van der Waals surface area contributed by atoms with Crippen molar-refractivity contribution in [2.45, 2.75) is 31.7 Å². The van der Waals surface area contributed by atoms with Crippen LogP contribution < -0.4 is 5.32 Å². The Balaban J connectivity index is 1.56. The molecule has 0 radical (unpaired) electrons. The highest BCUT2D eigenvalue weighted by Crippen LogP contribution is 2.18. The largest absolute Gasteiger partial charge is 0.382 e. The zero-order valence-corrected chi connectivity index (χ0v) is 11.8. The van der Waals surface area contributed by atoms with Gasteiger partial charge in [0.2, 0.25) is 0 Å². The fourth-order valence-corrected chi connectivity index (χ4v) is 2.49. The highest BCUT2D eigenvalue weighted by molar-refractivity contribution is 7.09. The maximum absolute atomic E-state index is 5.44. The Kier molecular flexibility index (Phi) is 6.07. The molecule has 1 fully saturated rings. The van der Waals surface area contributed by atoms with Gasteiger partial charge in [-0.1, -0.05) is 0 Å². The predicted molar refractivity (Wildman–Crippen MR) is 73.2 cm³/mol. The summed E-state index contributed by atoms with van der Waals surface area (Å²) in [5.74, 6) is 0. The van der Waals surface area contributed by atoms with Gasteiger partial charge in [0.15, 0.2) is 0 Å². The Morgan fingerprint density at radius 2 is 2.22 bits per heavy atom. The lowest BCUT2D eigenvalue weighted by atomic mass is 10.3. The van der Waals surface area contributed by atoms with Crippen LogP contribution in [0.25, 0.3) is 0 Å². The van der Waals surface area contributed by atoms with Gasteiger partial charge in [-0.25, -0.2) is 4.98 Å². The van der Waals surface area contributed by atoms with Gasteiger partial charge >= 0.3 is 0 Å². The number of nitrogens with one attached hydrogen (secondary N) is 1. The second kappa shape index (κ2) is 7.84. The number of hydrogen-bond acceptors (Lipinski definition) is 5. The highest BCUT2D eigenvalue weighted by atomic mass is 32.1. The minimum absolute atomic E-state index is 0.663. The van der Waals surface area contributed by atoms with Crippen LogP contribution in [0, 0.1) is 0 Å². The van der Waals surface area contributed by atoms with Crippen molar-refractivity contribution in [1.29, 1.82) is 0 Å². The number of hydrogen-bond donors (Lipinski definition) is 1. The summed E-state index contributed by atoms with van der Waals surface area (Å²) in [5, 5.41) is 6.85. The van der Waals surface area contributed by atoms with Crippen LogP contribution >= 0.6 is 11.3 Å². The van der Waals surface area contributed by atoms with Crippen LogP contribution in [0.3, 0.4) is 0 Å². The monoisotopic (exact) mass is 270 g/mol. The summed E-state index contributed by atoms with van der Waals surface area (Å²) in [6.07, 6.45) is 4.64. The second-order valence-electron chi connectivity index (χ2n) is 4.57. The van der Waals surface area contributed by atoms with Crippen LogP contribution in [-0.4, -0.2) is 44.5 Å². The Morgan fingerprint density at radius 1 is 1.33 bits per heavy atom. The molecule has 0 aromatic carbocycles. The fourth-order valence-electron chi connectivity index (χ4n) is 1.67. The van der Waals surface area contributed by atoms with E-state index in [9.17, 15) is 0 Å². The molecule has 1 aliphatic carbocycles. The summed E-state index contributed by atoms with van der Waals surface area (Å²) in [7, 11) is 1.69. The number of methoxy groups -OCH3 is 1. The summed E-state index contributed by atoms with van der Waals surface area (Å²) in [6, 6.07) is 0.789. The molecule has 1 N–H and O–H groups in total. The molecule has 1 aromatic rings. The van der Waals surface area contributed by atoms with E-state index in [1.54, 1.807) is 18.4 Å². The van der Waals surface area contributed by atoms with Crippen molar-refractivity contribution < 1.29 is 9.47 Å². The normalized spacial score (nSPS) is 15.2. The second-order valence-corrected chi connectivity index (χ2v) is 5.51. The third-order valence-corrected chi connectivity index (χ3v) is 3.84.